The molecule has 1 saturated heterocycles. The molecule has 206 valence electrons. The Morgan fingerprint density at radius 2 is 2.12 bits per heavy atom. The Kier molecular flexibility index (Phi) is 7.21. The van der Waals surface area contributed by atoms with Gasteiger partial charge in [0.05, 0.1) is 4.86 Å². The Hall–Kier alpha value is -4.42. The number of aliphatic carboxylic acids is 2. The smallest absolute Gasteiger partial charge is 0.353 e. The number of β-lactam (4-membered cyclic amide) rings is 1. The van der Waals surface area contributed by atoms with Gasteiger partial charge in [0.2, 0.25) is 11.5 Å². The van der Waals surface area contributed by atoms with E-state index in [1.807, 2.05) is 0 Å². The molecule has 3 aromatic rings. The predicted molar refractivity (Wildman–Crippen MR) is 144 cm³/mol. The number of hydrogen-bond acceptors (Lipinski definition) is 12. The maximum atomic E-state index is 13.2. The van der Waals surface area contributed by atoms with E-state index < -0.39 is 35.2 Å². The van der Waals surface area contributed by atoms with Crippen molar-refractivity contribution in [3.8, 4) is 0 Å². The number of nitrogens with one attached hydrogen (secondary N) is 1. The molecule has 18 heteroatoms. The van der Waals surface area contributed by atoms with Gasteiger partial charge < -0.3 is 26.1 Å². The second kappa shape index (κ2) is 10.6. The standard InChI is InChI=1S/C22H18N8O7S3/c1-37-26-13(17-25-22(23)40-27-17)18(33)24-14-19(34)30-15(21(35)36)9(8-39-20(14)30)16(38)10-3-2-4-11-28(7-12(31)32)5-6-29(10)11/h2-6,14,20H,7-8H2,1H3,(H4-,23,24,25,27,31,32,33,35,36)/p+1/b26-13-/t14-,20+/m1/s1. The Bertz CT molecular complexity index is 1660. The topological polar surface area (TPSA) is 206 Å². The average Bonchev–Trinajstić information content (AvgIpc) is 3.54. The van der Waals surface area contributed by atoms with Crippen LogP contribution < -0.4 is 15.6 Å². The second-order valence-corrected chi connectivity index (χ2v) is 10.7. The van der Waals surface area contributed by atoms with E-state index in [4.69, 9.17) is 22.8 Å². The highest BCUT2D eigenvalue weighted by atomic mass is 32.2. The van der Waals surface area contributed by atoms with Crippen molar-refractivity contribution in [2.24, 2.45) is 5.16 Å². The molecule has 40 heavy (non-hydrogen) atoms. The molecule has 15 nitrogen and oxygen atoms in total. The number of carbonyl (C=O) groups is 4. The number of nitrogens with zero attached hydrogens (tertiary/aromatic N) is 6. The molecule has 2 aliphatic rings. The molecule has 3 aromatic heterocycles. The zero-order valence-corrected chi connectivity index (χ0v) is 22.8. The molecule has 2 atom stereocenters. The van der Waals surface area contributed by atoms with Crippen molar-refractivity contribution in [3.05, 3.63) is 53.4 Å². The summed E-state index contributed by atoms with van der Waals surface area (Å²) in [5.74, 6) is -3.77. The van der Waals surface area contributed by atoms with E-state index in [-0.39, 0.29) is 45.1 Å². The summed E-state index contributed by atoms with van der Waals surface area (Å²) in [4.78, 5) is 59.6. The number of aromatic nitrogens is 4. The number of nitrogens with two attached hydrogens (primary N) is 1. The number of carboxylic acids is 2. The highest BCUT2D eigenvalue weighted by Gasteiger charge is 2.55. The number of carboxylic acid groups (broad SMARTS) is 2. The molecule has 2 amide bonds. The van der Waals surface area contributed by atoms with Gasteiger partial charge in [-0.05, 0) is 12.1 Å². The summed E-state index contributed by atoms with van der Waals surface area (Å²) in [7, 11) is 1.23. The first kappa shape index (κ1) is 27.2. The number of thiocarbonyl (C=S) groups is 1. The van der Waals surface area contributed by atoms with Crippen LogP contribution in [0.25, 0.3) is 5.65 Å². The Labute approximate surface area is 238 Å². The first-order chi connectivity index (χ1) is 19.1. The number of thioether (sulfide) groups is 1. The summed E-state index contributed by atoms with van der Waals surface area (Å²) >= 11 is 7.78. The van der Waals surface area contributed by atoms with Crippen molar-refractivity contribution in [2.45, 2.75) is 18.0 Å². The Morgan fingerprint density at radius 1 is 1.35 bits per heavy atom. The van der Waals surface area contributed by atoms with E-state index in [1.54, 1.807) is 35.0 Å². The highest BCUT2D eigenvalue weighted by Crippen LogP contribution is 2.41. The number of hydrogen-bond donors (Lipinski definition) is 4. The van der Waals surface area contributed by atoms with Gasteiger partial charge in [0, 0.05) is 28.9 Å². The van der Waals surface area contributed by atoms with Gasteiger partial charge in [-0.3, -0.25) is 14.5 Å². The largest absolute Gasteiger partial charge is 0.478 e. The van der Waals surface area contributed by atoms with Crippen LogP contribution >= 0.6 is 35.5 Å². The van der Waals surface area contributed by atoms with Gasteiger partial charge in [0.15, 0.2) is 17.4 Å². The van der Waals surface area contributed by atoms with E-state index >= 15 is 0 Å². The van der Waals surface area contributed by atoms with Gasteiger partial charge >= 0.3 is 11.9 Å². The van der Waals surface area contributed by atoms with Gasteiger partial charge in [0.25, 0.3) is 17.5 Å². The molecule has 0 saturated carbocycles. The first-order valence-electron chi connectivity index (χ1n) is 11.3. The van der Waals surface area contributed by atoms with Crippen molar-refractivity contribution in [2.75, 3.05) is 18.6 Å². The summed E-state index contributed by atoms with van der Waals surface area (Å²) < 4.78 is 7.11. The number of imidazole rings is 1. The second-order valence-electron chi connectivity index (χ2n) is 8.36. The fraction of sp³-hybridized carbons (Fsp3) is 0.227. The maximum Gasteiger partial charge on any atom is 0.353 e. The van der Waals surface area contributed by atoms with Crippen molar-refractivity contribution in [1.29, 1.82) is 0 Å². The van der Waals surface area contributed by atoms with Crippen LogP contribution in [-0.2, 0) is 30.6 Å². The minimum atomic E-state index is -1.36. The third-order valence-electron chi connectivity index (χ3n) is 6.02. The number of anilines is 1. The molecule has 1 fully saturated rings. The minimum absolute atomic E-state index is 0.0793. The number of oxime groups is 1. The molecule has 0 aromatic carbocycles. The van der Waals surface area contributed by atoms with Crippen molar-refractivity contribution in [3.63, 3.8) is 0 Å². The van der Waals surface area contributed by atoms with E-state index in [0.717, 1.165) is 16.4 Å². The van der Waals surface area contributed by atoms with Gasteiger partial charge in [-0.1, -0.05) is 17.4 Å². The number of nitrogen functional groups attached to an aromatic ring is 1. The molecule has 5 heterocycles. The third kappa shape index (κ3) is 4.65. The number of amides is 2. The average molecular weight is 604 g/mol. The SMILES string of the molecule is CO/N=C(\C(=O)N[C@@H]1C(=O)N2C(C(=O)O)=C(C(=S)c3cccc4n3cc[n+]4CC(=O)O)CS[C@@H]12)c1nsc(N)n1. The van der Waals surface area contributed by atoms with Gasteiger partial charge in [0.1, 0.15) is 36.6 Å². The van der Waals surface area contributed by atoms with Crippen LogP contribution in [0.4, 0.5) is 5.13 Å². The number of carbonyl (C=O) groups excluding carboxylic acids is 2. The van der Waals surface area contributed by atoms with E-state index in [1.165, 1.54) is 23.4 Å². The van der Waals surface area contributed by atoms with Crippen LogP contribution in [0.3, 0.4) is 0 Å². The number of rotatable bonds is 9. The van der Waals surface area contributed by atoms with E-state index in [0.29, 0.717) is 11.3 Å². The summed E-state index contributed by atoms with van der Waals surface area (Å²) in [6.07, 6.45) is 3.21. The molecule has 0 radical (unpaired) electrons. The zero-order valence-electron chi connectivity index (χ0n) is 20.4. The summed E-state index contributed by atoms with van der Waals surface area (Å²) in [5.41, 5.74) is 6.25. The normalized spacial score (nSPS) is 18.8. The van der Waals surface area contributed by atoms with Gasteiger partial charge in [-0.25, -0.2) is 14.2 Å². The van der Waals surface area contributed by atoms with Crippen LogP contribution in [0.5, 0.6) is 0 Å². The summed E-state index contributed by atoms with van der Waals surface area (Å²) in [5, 5.41) is 24.9. The molecule has 5 N–H and O–H groups in total. The molecular weight excluding hydrogens is 584 g/mol. The van der Waals surface area contributed by atoms with Crippen LogP contribution in [-0.4, -0.2) is 87.5 Å². The Morgan fingerprint density at radius 3 is 2.77 bits per heavy atom. The minimum Gasteiger partial charge on any atom is -0.478 e. The zero-order chi connectivity index (χ0) is 28.7. The number of pyridine rings is 1. The summed E-state index contributed by atoms with van der Waals surface area (Å²) in [6, 6.07) is 4.01. The van der Waals surface area contributed by atoms with Gasteiger partial charge in [-0.15, -0.1) is 11.8 Å². The molecule has 0 bridgehead atoms. The van der Waals surface area contributed by atoms with Crippen molar-refractivity contribution < 1.29 is 38.8 Å². The number of fused-ring (bicyclic) bond motifs is 2. The van der Waals surface area contributed by atoms with E-state index in [2.05, 4.69) is 19.8 Å². The van der Waals surface area contributed by atoms with Crippen LogP contribution in [0.2, 0.25) is 0 Å². The van der Waals surface area contributed by atoms with Crippen LogP contribution in [0.1, 0.15) is 11.5 Å². The quantitative estimate of drug-likeness (QED) is 0.0596. The van der Waals surface area contributed by atoms with Crippen molar-refractivity contribution in [1.82, 2.24) is 24.0 Å². The lowest BCUT2D eigenvalue weighted by Crippen LogP contribution is -2.71. The fourth-order valence-electron chi connectivity index (χ4n) is 4.35. The molecule has 0 spiro atoms. The highest BCUT2D eigenvalue weighted by molar-refractivity contribution is 8.00. The van der Waals surface area contributed by atoms with Gasteiger partial charge in [-0.2, -0.15) is 13.8 Å². The first-order valence-corrected chi connectivity index (χ1v) is 13.5. The molecular formula is C22H19N8O7S3+. The maximum absolute atomic E-state index is 13.2. The predicted octanol–water partition coefficient (Wildman–Crippen LogP) is -0.748. The van der Waals surface area contributed by atoms with Crippen molar-refractivity contribution >= 4 is 80.6 Å². The lowest BCUT2D eigenvalue weighted by Gasteiger charge is -2.49. The lowest BCUT2D eigenvalue weighted by molar-refractivity contribution is -0.659. The fourth-order valence-corrected chi connectivity index (χ4v) is 6.57. The Balaban J connectivity index is 1.42. The molecule has 0 unspecified atom stereocenters. The molecule has 0 aliphatic carbocycles. The van der Waals surface area contributed by atoms with Crippen LogP contribution in [0, 0.1) is 0 Å². The third-order valence-corrected chi connectivity index (χ3v) is 8.29. The molecule has 5 rings (SSSR count). The monoisotopic (exact) mass is 603 g/mol. The lowest BCUT2D eigenvalue weighted by atomic mass is 10.00. The summed E-state index contributed by atoms with van der Waals surface area (Å²) in [6.45, 7) is -0.272. The van der Waals surface area contributed by atoms with E-state index in [9.17, 15) is 29.4 Å². The molecule has 2 aliphatic heterocycles. The van der Waals surface area contributed by atoms with Crippen LogP contribution in [0.15, 0.2) is 47.0 Å².